The highest BCUT2D eigenvalue weighted by atomic mass is 35.5. The van der Waals surface area contributed by atoms with E-state index in [1.165, 1.54) is 0 Å². The van der Waals surface area contributed by atoms with Crippen molar-refractivity contribution in [1.29, 1.82) is 0 Å². The Hall–Kier alpha value is -4.73. The fourth-order valence-corrected chi connectivity index (χ4v) is 8.12. The number of amides is 1. The molecule has 4 heterocycles. The lowest BCUT2D eigenvalue weighted by Gasteiger charge is -2.35. The molecular weight excluding hydrogens is 673 g/mol. The number of aromatic amines is 1. The van der Waals surface area contributed by atoms with E-state index in [1.807, 2.05) is 75.9 Å². The number of carbonyl (C=O) groups is 2. The Kier molecular flexibility index (Phi) is 8.47. The number of hydrogen-bond donors (Lipinski definition) is 2. The number of rotatable bonds is 8. The summed E-state index contributed by atoms with van der Waals surface area (Å²) in [4.78, 5) is 29.0. The molecule has 1 amide bonds. The molecule has 7 rings (SSSR count). The van der Waals surface area contributed by atoms with Gasteiger partial charge in [0.2, 0.25) is 0 Å². The van der Waals surface area contributed by atoms with E-state index in [0.717, 1.165) is 71.8 Å². The van der Waals surface area contributed by atoms with Crippen LogP contribution in [0.4, 0.5) is 5.69 Å². The van der Waals surface area contributed by atoms with E-state index in [0.29, 0.717) is 47.9 Å². The molecule has 258 valence electrons. The van der Waals surface area contributed by atoms with Gasteiger partial charge < -0.3 is 23.9 Å². The predicted molar refractivity (Wildman–Crippen MR) is 200 cm³/mol. The Morgan fingerprint density at radius 1 is 1.02 bits per heavy atom. The first kappa shape index (κ1) is 33.8. The number of hydrogen-bond acceptors (Lipinski definition) is 4. The van der Waals surface area contributed by atoms with E-state index >= 15 is 4.79 Å². The van der Waals surface area contributed by atoms with Gasteiger partial charge in [0.15, 0.2) is 0 Å². The van der Waals surface area contributed by atoms with Gasteiger partial charge in [-0.3, -0.25) is 9.89 Å². The van der Waals surface area contributed by atoms with Crippen molar-refractivity contribution in [2.45, 2.75) is 60.4 Å². The summed E-state index contributed by atoms with van der Waals surface area (Å²) in [5.41, 5.74) is 10.3. The SMILES string of the molecule is Cc1cc(N2CC(C)n3c(c(CCCOc4cc(C)c(Cl)c(C)c4)c4ccc(Cl)c(-c5c(C)n[nH]c5C)c43)C2=O)c2c(c1)cc(C(=O)O)n2C. The highest BCUT2D eigenvalue weighted by molar-refractivity contribution is 6.35. The van der Waals surface area contributed by atoms with Gasteiger partial charge >= 0.3 is 5.97 Å². The molecule has 3 aromatic heterocycles. The van der Waals surface area contributed by atoms with Crippen LogP contribution in [0.5, 0.6) is 5.75 Å². The van der Waals surface area contributed by atoms with Crippen LogP contribution in [-0.2, 0) is 13.5 Å². The van der Waals surface area contributed by atoms with Crippen LogP contribution in [0.3, 0.4) is 0 Å². The van der Waals surface area contributed by atoms with E-state index in [9.17, 15) is 9.90 Å². The lowest BCUT2D eigenvalue weighted by molar-refractivity contribution is 0.0687. The lowest BCUT2D eigenvalue weighted by atomic mass is 9.98. The third kappa shape index (κ3) is 5.34. The number of nitrogens with one attached hydrogen (secondary N) is 1. The molecule has 0 spiro atoms. The first-order chi connectivity index (χ1) is 23.8. The minimum atomic E-state index is -1.02. The lowest BCUT2D eigenvalue weighted by Crippen LogP contribution is -2.43. The molecule has 2 N–H and O–H groups in total. The normalized spacial score (nSPS) is 14.6. The van der Waals surface area contributed by atoms with Crippen LogP contribution >= 0.6 is 23.2 Å². The highest BCUT2D eigenvalue weighted by Gasteiger charge is 2.37. The summed E-state index contributed by atoms with van der Waals surface area (Å²) < 4.78 is 10.0. The Bertz CT molecular complexity index is 2340. The fourth-order valence-electron chi connectivity index (χ4n) is 7.76. The third-order valence-corrected chi connectivity index (χ3v) is 10.9. The number of H-pyrrole nitrogens is 1. The van der Waals surface area contributed by atoms with Gasteiger partial charge in [-0.25, -0.2) is 4.79 Å². The molecule has 0 radical (unpaired) electrons. The van der Waals surface area contributed by atoms with Gasteiger partial charge in [-0.1, -0.05) is 29.3 Å². The average Bonchev–Trinajstić information content (AvgIpc) is 3.70. The molecule has 9 nitrogen and oxygen atoms in total. The third-order valence-electron chi connectivity index (χ3n) is 9.95. The van der Waals surface area contributed by atoms with E-state index in [1.54, 1.807) is 17.7 Å². The van der Waals surface area contributed by atoms with Crippen LogP contribution in [-0.4, -0.2) is 49.5 Å². The maximum absolute atomic E-state index is 15.0. The largest absolute Gasteiger partial charge is 0.494 e. The smallest absolute Gasteiger partial charge is 0.352 e. The Morgan fingerprint density at radius 3 is 2.40 bits per heavy atom. The quantitative estimate of drug-likeness (QED) is 0.153. The second kappa shape index (κ2) is 12.5. The number of carboxylic acids is 1. The van der Waals surface area contributed by atoms with Crippen molar-refractivity contribution in [3.63, 3.8) is 0 Å². The number of aromatic carboxylic acids is 1. The first-order valence-corrected chi connectivity index (χ1v) is 17.5. The topological polar surface area (TPSA) is 105 Å². The summed E-state index contributed by atoms with van der Waals surface area (Å²) in [6.07, 6.45) is 1.24. The van der Waals surface area contributed by atoms with E-state index < -0.39 is 5.97 Å². The molecule has 11 heteroatoms. The van der Waals surface area contributed by atoms with Gasteiger partial charge in [0.05, 0.1) is 34.0 Å². The maximum Gasteiger partial charge on any atom is 0.352 e. The minimum Gasteiger partial charge on any atom is -0.494 e. The van der Waals surface area contributed by atoms with Crippen LogP contribution in [0.25, 0.3) is 32.9 Å². The number of anilines is 1. The standard InChI is InChI=1S/C39H39Cl2N5O4/c1-19-13-25-17-31(39(48)49)44(7)35(25)30(14-19)45-18-22(4)46-36-28(10-11-29(40)33(36)32-23(5)42-43-24(32)6)27(37(46)38(45)47)9-8-12-50-26-15-20(2)34(41)21(3)16-26/h10-11,13-17,22H,8-9,12,18H2,1-7H3,(H,42,43)(H,48,49). The van der Waals surface area contributed by atoms with Crippen molar-refractivity contribution in [1.82, 2.24) is 19.3 Å². The van der Waals surface area contributed by atoms with Gasteiger partial charge in [0.1, 0.15) is 17.1 Å². The molecule has 6 aromatic rings. The molecule has 1 atom stereocenters. The van der Waals surface area contributed by atoms with Crippen LogP contribution in [0.1, 0.15) is 74.0 Å². The zero-order valence-corrected chi connectivity index (χ0v) is 30.7. The second-order valence-corrected chi connectivity index (χ2v) is 14.3. The van der Waals surface area contributed by atoms with Crippen LogP contribution < -0.4 is 9.64 Å². The van der Waals surface area contributed by atoms with Crippen LogP contribution in [0.2, 0.25) is 10.0 Å². The zero-order valence-electron chi connectivity index (χ0n) is 29.2. The molecule has 50 heavy (non-hydrogen) atoms. The summed E-state index contributed by atoms with van der Waals surface area (Å²) in [6.45, 7) is 12.8. The predicted octanol–water partition coefficient (Wildman–Crippen LogP) is 9.30. The van der Waals surface area contributed by atoms with Gasteiger partial charge in [-0.15, -0.1) is 0 Å². The first-order valence-electron chi connectivity index (χ1n) is 16.7. The molecule has 1 aliphatic heterocycles. The molecule has 0 aliphatic carbocycles. The van der Waals surface area contributed by atoms with E-state index in [2.05, 4.69) is 21.7 Å². The van der Waals surface area contributed by atoms with Crippen molar-refractivity contribution in [2.75, 3.05) is 18.1 Å². The van der Waals surface area contributed by atoms with Crippen molar-refractivity contribution >= 4 is 62.6 Å². The number of aryl methyl sites for hydroxylation is 7. The van der Waals surface area contributed by atoms with Gasteiger partial charge in [-0.2, -0.15) is 5.10 Å². The highest BCUT2D eigenvalue weighted by Crippen LogP contribution is 2.45. The number of nitrogens with zero attached hydrogens (tertiary/aromatic N) is 4. The number of carboxylic acid groups (broad SMARTS) is 1. The van der Waals surface area contributed by atoms with Crippen molar-refractivity contribution in [3.05, 3.63) is 97.5 Å². The molecule has 0 fully saturated rings. The molecule has 0 saturated heterocycles. The minimum absolute atomic E-state index is 0.144. The average molecular weight is 713 g/mol. The molecular formula is C39H39Cl2N5O4. The second-order valence-electron chi connectivity index (χ2n) is 13.5. The molecule has 0 saturated carbocycles. The summed E-state index contributed by atoms with van der Waals surface area (Å²) >= 11 is 13.4. The summed E-state index contributed by atoms with van der Waals surface area (Å²) in [7, 11) is 1.73. The molecule has 0 bridgehead atoms. The number of fused-ring (bicyclic) bond motifs is 4. The number of halogens is 2. The molecule has 3 aromatic carbocycles. The van der Waals surface area contributed by atoms with Crippen molar-refractivity contribution < 1.29 is 19.4 Å². The maximum atomic E-state index is 15.0. The van der Waals surface area contributed by atoms with Crippen LogP contribution in [0, 0.1) is 34.6 Å². The number of aromatic nitrogens is 4. The Morgan fingerprint density at radius 2 is 1.74 bits per heavy atom. The van der Waals surface area contributed by atoms with Gasteiger partial charge in [0, 0.05) is 52.3 Å². The van der Waals surface area contributed by atoms with Crippen LogP contribution in [0.15, 0.2) is 42.5 Å². The van der Waals surface area contributed by atoms with E-state index in [-0.39, 0.29) is 17.6 Å². The number of carbonyl (C=O) groups excluding carboxylic acids is 1. The molecule has 1 unspecified atom stereocenters. The Labute approximate surface area is 300 Å². The monoisotopic (exact) mass is 711 g/mol. The Balaban J connectivity index is 1.38. The van der Waals surface area contributed by atoms with Gasteiger partial charge in [0.25, 0.3) is 5.91 Å². The summed E-state index contributed by atoms with van der Waals surface area (Å²) in [5, 5.41) is 20.6. The summed E-state index contributed by atoms with van der Waals surface area (Å²) in [6, 6.07) is 13.3. The zero-order chi connectivity index (χ0) is 35.8. The fraction of sp³-hybridized carbons (Fsp3) is 0.308. The van der Waals surface area contributed by atoms with E-state index in [4.69, 9.17) is 27.9 Å². The number of benzene rings is 3. The number of ether oxygens (including phenoxy) is 1. The molecule has 1 aliphatic rings. The van der Waals surface area contributed by atoms with Crippen molar-refractivity contribution in [2.24, 2.45) is 7.05 Å². The van der Waals surface area contributed by atoms with Crippen molar-refractivity contribution in [3.8, 4) is 16.9 Å². The van der Waals surface area contributed by atoms with Gasteiger partial charge in [-0.05, 0) is 113 Å². The summed E-state index contributed by atoms with van der Waals surface area (Å²) in [5.74, 6) is -0.406.